The van der Waals surface area contributed by atoms with E-state index in [-0.39, 0.29) is 39.7 Å². The largest absolute Gasteiger partial charge is 0.495 e. The van der Waals surface area contributed by atoms with E-state index in [4.69, 9.17) is 16.3 Å². The summed E-state index contributed by atoms with van der Waals surface area (Å²) in [5.41, 5.74) is 1.94. The van der Waals surface area contributed by atoms with Crippen LogP contribution in [0.4, 0.5) is 5.69 Å². The number of sulfonamides is 1. The van der Waals surface area contributed by atoms with Gasteiger partial charge < -0.3 is 15.0 Å². The minimum atomic E-state index is -4.24. The first-order valence-corrected chi connectivity index (χ1v) is 15.3. The molecule has 3 rings (SSSR count). The summed E-state index contributed by atoms with van der Waals surface area (Å²) in [4.78, 5) is 29.0. The fourth-order valence-corrected chi connectivity index (χ4v) is 6.04. The van der Waals surface area contributed by atoms with Crippen molar-refractivity contribution in [3.8, 4) is 5.75 Å². The zero-order chi connectivity index (χ0) is 30.2. The number of aryl methyl sites for hydroxylation is 1. The lowest BCUT2D eigenvalue weighted by Gasteiger charge is -2.33. The van der Waals surface area contributed by atoms with Crippen LogP contribution < -0.4 is 14.4 Å². The number of methoxy groups -OCH3 is 1. The Morgan fingerprint density at radius 3 is 2.32 bits per heavy atom. The molecule has 0 saturated carbocycles. The Hall–Kier alpha value is -3.56. The second-order valence-electron chi connectivity index (χ2n) is 10.2. The molecular formula is C31H38ClN3O5S. The Morgan fingerprint density at radius 2 is 1.71 bits per heavy atom. The number of rotatable bonds is 13. The van der Waals surface area contributed by atoms with E-state index in [9.17, 15) is 18.0 Å². The molecule has 0 aromatic heterocycles. The highest BCUT2D eigenvalue weighted by Gasteiger charge is 2.34. The van der Waals surface area contributed by atoms with Crippen molar-refractivity contribution >= 4 is 39.1 Å². The van der Waals surface area contributed by atoms with Gasteiger partial charge in [0.2, 0.25) is 11.8 Å². The van der Waals surface area contributed by atoms with Crippen molar-refractivity contribution in [2.45, 2.75) is 51.6 Å². The topological polar surface area (TPSA) is 96.0 Å². The van der Waals surface area contributed by atoms with Crippen LogP contribution in [0.1, 0.15) is 38.3 Å². The van der Waals surface area contributed by atoms with Gasteiger partial charge in [0.25, 0.3) is 10.0 Å². The summed E-state index contributed by atoms with van der Waals surface area (Å²) in [5, 5.41) is 3.21. The lowest BCUT2D eigenvalue weighted by atomic mass is 10.1. The predicted molar refractivity (Wildman–Crippen MR) is 163 cm³/mol. The van der Waals surface area contributed by atoms with Gasteiger partial charge in [0, 0.05) is 18.1 Å². The summed E-state index contributed by atoms with van der Waals surface area (Å²) in [6, 6.07) is 19.3. The number of carbonyl (C=O) groups excluding carboxylic acids is 2. The standard InChI is InChI=1S/C31H38ClN3O5S/c1-6-27(31(37)33-19-22(2)3)34(20-24-12-10-11-23(4)17-24)30(36)21-35(28-18-25(32)15-16-29(28)40-5)41(38,39)26-13-8-7-9-14-26/h7-18,22,27H,6,19-21H2,1-5H3,(H,33,37)/t27-/m0/s1. The number of anilines is 1. The summed E-state index contributed by atoms with van der Waals surface area (Å²) in [7, 11) is -2.82. The normalized spacial score (nSPS) is 12.1. The van der Waals surface area contributed by atoms with Gasteiger partial charge in [-0.15, -0.1) is 0 Å². The van der Waals surface area contributed by atoms with Gasteiger partial charge in [-0.25, -0.2) is 8.42 Å². The van der Waals surface area contributed by atoms with Crippen LogP contribution in [0, 0.1) is 12.8 Å². The van der Waals surface area contributed by atoms with Crippen LogP contribution in [0.3, 0.4) is 0 Å². The maximum absolute atomic E-state index is 14.2. The third kappa shape index (κ3) is 8.24. The van der Waals surface area contributed by atoms with Crippen molar-refractivity contribution in [3.05, 3.63) is 88.9 Å². The summed E-state index contributed by atoms with van der Waals surface area (Å²) >= 11 is 6.28. The number of nitrogens with zero attached hydrogens (tertiary/aromatic N) is 2. The number of benzene rings is 3. The van der Waals surface area contributed by atoms with Crippen LogP contribution in [0.25, 0.3) is 0 Å². The van der Waals surface area contributed by atoms with E-state index in [1.165, 1.54) is 30.2 Å². The average molecular weight is 600 g/mol. The predicted octanol–water partition coefficient (Wildman–Crippen LogP) is 5.43. The molecule has 0 bridgehead atoms. The van der Waals surface area contributed by atoms with Crippen LogP contribution in [0.2, 0.25) is 5.02 Å². The maximum Gasteiger partial charge on any atom is 0.264 e. The highest BCUT2D eigenvalue weighted by molar-refractivity contribution is 7.92. The fourth-order valence-electron chi connectivity index (χ4n) is 4.44. The number of carbonyl (C=O) groups is 2. The van der Waals surface area contributed by atoms with Gasteiger partial charge >= 0.3 is 0 Å². The molecule has 41 heavy (non-hydrogen) atoms. The van der Waals surface area contributed by atoms with Gasteiger partial charge in [0.15, 0.2) is 0 Å². The zero-order valence-corrected chi connectivity index (χ0v) is 25.7. The van der Waals surface area contributed by atoms with E-state index in [1.807, 2.05) is 52.0 Å². The van der Waals surface area contributed by atoms with Crippen LogP contribution in [-0.2, 0) is 26.2 Å². The summed E-state index contributed by atoms with van der Waals surface area (Å²) in [6.45, 7) is 7.75. The lowest BCUT2D eigenvalue weighted by molar-refractivity contribution is -0.140. The number of hydrogen-bond acceptors (Lipinski definition) is 5. The second-order valence-corrected chi connectivity index (χ2v) is 12.5. The fraction of sp³-hybridized carbons (Fsp3) is 0.355. The van der Waals surface area contributed by atoms with E-state index >= 15 is 0 Å². The van der Waals surface area contributed by atoms with Crippen molar-refractivity contribution in [3.63, 3.8) is 0 Å². The molecule has 8 nitrogen and oxygen atoms in total. The van der Waals surface area contributed by atoms with Crippen LogP contribution in [0.5, 0.6) is 5.75 Å². The molecule has 3 aromatic rings. The van der Waals surface area contributed by atoms with Gasteiger partial charge in [-0.05, 0) is 55.2 Å². The van der Waals surface area contributed by atoms with Crippen molar-refractivity contribution < 1.29 is 22.7 Å². The molecule has 2 amide bonds. The number of halogens is 1. The van der Waals surface area contributed by atoms with E-state index in [2.05, 4.69) is 5.32 Å². The third-order valence-electron chi connectivity index (χ3n) is 6.53. The molecule has 3 aromatic carbocycles. The van der Waals surface area contributed by atoms with Crippen LogP contribution >= 0.6 is 11.6 Å². The number of amides is 2. The number of hydrogen-bond donors (Lipinski definition) is 1. The van der Waals surface area contributed by atoms with E-state index in [0.717, 1.165) is 15.4 Å². The molecule has 0 fully saturated rings. The van der Waals surface area contributed by atoms with Gasteiger partial charge in [0.05, 0.1) is 17.7 Å². The van der Waals surface area contributed by atoms with E-state index in [1.54, 1.807) is 30.3 Å². The van der Waals surface area contributed by atoms with E-state index < -0.39 is 28.5 Å². The smallest absolute Gasteiger partial charge is 0.264 e. The molecule has 0 spiro atoms. The van der Waals surface area contributed by atoms with Gasteiger partial charge in [-0.2, -0.15) is 0 Å². The first kappa shape index (κ1) is 32.0. The van der Waals surface area contributed by atoms with Gasteiger partial charge in [-0.3, -0.25) is 13.9 Å². The average Bonchev–Trinajstić information content (AvgIpc) is 2.95. The minimum Gasteiger partial charge on any atom is -0.495 e. The Bertz CT molecular complexity index is 1450. The van der Waals surface area contributed by atoms with Crippen molar-refractivity contribution in [2.24, 2.45) is 5.92 Å². The van der Waals surface area contributed by atoms with Crippen LogP contribution in [0.15, 0.2) is 77.7 Å². The lowest BCUT2D eigenvalue weighted by Crippen LogP contribution is -2.52. The first-order valence-electron chi connectivity index (χ1n) is 13.5. The Morgan fingerprint density at radius 1 is 1.00 bits per heavy atom. The molecule has 0 heterocycles. The van der Waals surface area contributed by atoms with E-state index in [0.29, 0.717) is 13.0 Å². The minimum absolute atomic E-state index is 0.00165. The summed E-state index contributed by atoms with van der Waals surface area (Å²) in [6.07, 6.45) is 0.341. The van der Waals surface area contributed by atoms with Crippen molar-refractivity contribution in [2.75, 3.05) is 24.5 Å². The Kier molecular flexibility index (Phi) is 11.2. The second kappa shape index (κ2) is 14.4. The van der Waals surface area contributed by atoms with Crippen LogP contribution in [-0.4, -0.2) is 51.4 Å². The molecular weight excluding hydrogens is 562 g/mol. The Labute approximate surface area is 248 Å². The molecule has 1 N–H and O–H groups in total. The molecule has 1 atom stereocenters. The highest BCUT2D eigenvalue weighted by Crippen LogP contribution is 2.35. The molecule has 10 heteroatoms. The Balaban J connectivity index is 2.11. The number of ether oxygens (including phenoxy) is 1. The highest BCUT2D eigenvalue weighted by atomic mass is 35.5. The van der Waals surface area contributed by atoms with Gasteiger partial charge in [-0.1, -0.05) is 80.4 Å². The third-order valence-corrected chi connectivity index (χ3v) is 8.53. The quantitative estimate of drug-likeness (QED) is 0.283. The zero-order valence-electron chi connectivity index (χ0n) is 24.1. The van der Waals surface area contributed by atoms with Gasteiger partial charge in [0.1, 0.15) is 18.3 Å². The monoisotopic (exact) mass is 599 g/mol. The molecule has 0 radical (unpaired) electrons. The summed E-state index contributed by atoms with van der Waals surface area (Å²) < 4.78 is 34.5. The molecule has 0 aliphatic carbocycles. The maximum atomic E-state index is 14.2. The molecule has 0 unspecified atom stereocenters. The van der Waals surface area contributed by atoms with Crippen molar-refractivity contribution in [1.29, 1.82) is 0 Å². The molecule has 0 saturated heterocycles. The first-order chi connectivity index (χ1) is 19.5. The molecule has 0 aliphatic rings. The molecule has 220 valence electrons. The number of nitrogens with one attached hydrogen (secondary N) is 1. The molecule has 0 aliphatic heterocycles. The summed E-state index contributed by atoms with van der Waals surface area (Å²) in [5.74, 6) is -0.382. The van der Waals surface area contributed by atoms with Crippen molar-refractivity contribution in [1.82, 2.24) is 10.2 Å². The SMILES string of the molecule is CC[C@@H](C(=O)NCC(C)C)N(Cc1cccc(C)c1)C(=O)CN(c1cc(Cl)ccc1OC)S(=O)(=O)c1ccccc1.